The van der Waals surface area contributed by atoms with E-state index in [9.17, 15) is 15.0 Å². The summed E-state index contributed by atoms with van der Waals surface area (Å²) >= 11 is 0. The highest BCUT2D eigenvalue weighted by Gasteiger charge is 2.00. The molecule has 4 heteroatoms. The van der Waals surface area contributed by atoms with Crippen molar-refractivity contribution in [1.82, 2.24) is 0 Å². The molecule has 3 rings (SSSR count). The molecule has 3 aromatic carbocycles. The van der Waals surface area contributed by atoms with Crippen LogP contribution in [0.4, 0.5) is 0 Å². The fourth-order valence-electron chi connectivity index (χ4n) is 1.86. The van der Waals surface area contributed by atoms with Crippen LogP contribution in [0, 0.1) is 0 Å². The molecule has 0 fully saturated rings. The van der Waals surface area contributed by atoms with Crippen LogP contribution in [-0.2, 0) is 0 Å². The SMILES string of the molecule is O=C(O)c1ccccc1.Oc1cccc2c(O)cccc12. The van der Waals surface area contributed by atoms with Crippen molar-refractivity contribution in [3.8, 4) is 11.5 Å². The summed E-state index contributed by atoms with van der Waals surface area (Å²) in [5, 5.41) is 28.5. The first-order chi connectivity index (χ1) is 10.1. The molecule has 3 N–H and O–H groups in total. The van der Waals surface area contributed by atoms with Crippen molar-refractivity contribution in [2.75, 3.05) is 0 Å². The lowest BCUT2D eigenvalue weighted by atomic mass is 10.1. The molecule has 0 spiro atoms. The zero-order valence-corrected chi connectivity index (χ0v) is 11.1. The van der Waals surface area contributed by atoms with Gasteiger partial charge in [-0.25, -0.2) is 4.79 Å². The van der Waals surface area contributed by atoms with E-state index < -0.39 is 5.97 Å². The Bertz CT molecular complexity index is 710. The first-order valence-electron chi connectivity index (χ1n) is 6.27. The average molecular weight is 282 g/mol. The second kappa shape index (κ2) is 6.43. The quantitative estimate of drug-likeness (QED) is 0.637. The lowest BCUT2D eigenvalue weighted by molar-refractivity contribution is 0.0697. The number of carboxylic acid groups (broad SMARTS) is 1. The highest BCUT2D eigenvalue weighted by atomic mass is 16.4. The van der Waals surface area contributed by atoms with Gasteiger partial charge >= 0.3 is 5.97 Å². The van der Waals surface area contributed by atoms with Crippen LogP contribution >= 0.6 is 0 Å². The van der Waals surface area contributed by atoms with Crippen LogP contribution < -0.4 is 0 Å². The number of fused-ring (bicyclic) bond motifs is 1. The Morgan fingerprint density at radius 2 is 1.14 bits per heavy atom. The molecular formula is C17H14O4. The van der Waals surface area contributed by atoms with Gasteiger partial charge in [-0.3, -0.25) is 0 Å². The molecule has 0 aliphatic heterocycles. The van der Waals surface area contributed by atoms with Crippen LogP contribution in [-0.4, -0.2) is 21.3 Å². The number of carboxylic acids is 1. The molecule has 0 amide bonds. The van der Waals surface area contributed by atoms with E-state index in [1.165, 1.54) is 0 Å². The maximum atomic E-state index is 10.2. The molecule has 0 unspecified atom stereocenters. The summed E-state index contributed by atoms with van der Waals surface area (Å²) < 4.78 is 0. The molecular weight excluding hydrogens is 268 g/mol. The Balaban J connectivity index is 0.000000161. The smallest absolute Gasteiger partial charge is 0.335 e. The summed E-state index contributed by atoms with van der Waals surface area (Å²) in [6.45, 7) is 0. The zero-order valence-electron chi connectivity index (χ0n) is 11.1. The maximum Gasteiger partial charge on any atom is 0.335 e. The third-order valence-electron chi connectivity index (χ3n) is 2.90. The largest absolute Gasteiger partial charge is 0.507 e. The van der Waals surface area contributed by atoms with E-state index in [2.05, 4.69) is 0 Å². The Morgan fingerprint density at radius 1 is 0.667 bits per heavy atom. The van der Waals surface area contributed by atoms with Gasteiger partial charge in [-0.2, -0.15) is 0 Å². The Kier molecular flexibility index (Phi) is 4.41. The molecule has 0 aromatic heterocycles. The highest BCUT2D eigenvalue weighted by molar-refractivity contribution is 5.92. The molecule has 0 atom stereocenters. The molecule has 0 radical (unpaired) electrons. The van der Waals surface area contributed by atoms with E-state index in [4.69, 9.17) is 5.11 Å². The van der Waals surface area contributed by atoms with E-state index in [-0.39, 0.29) is 11.5 Å². The number of benzene rings is 3. The summed E-state index contributed by atoms with van der Waals surface area (Å²) in [5.41, 5.74) is 0.331. The lowest BCUT2D eigenvalue weighted by Crippen LogP contribution is -1.93. The minimum absolute atomic E-state index is 0.198. The predicted molar refractivity (Wildman–Crippen MR) is 80.7 cm³/mol. The van der Waals surface area contributed by atoms with Crippen molar-refractivity contribution in [3.63, 3.8) is 0 Å². The van der Waals surface area contributed by atoms with Crippen LogP contribution in [0.2, 0.25) is 0 Å². The number of phenolic OH excluding ortho intramolecular Hbond substituents is 2. The van der Waals surface area contributed by atoms with Crippen molar-refractivity contribution in [3.05, 3.63) is 72.3 Å². The van der Waals surface area contributed by atoms with E-state index in [1.54, 1.807) is 66.7 Å². The Morgan fingerprint density at radius 3 is 1.52 bits per heavy atom. The molecule has 0 saturated carbocycles. The van der Waals surface area contributed by atoms with E-state index in [0.717, 1.165) is 0 Å². The third kappa shape index (κ3) is 3.51. The van der Waals surface area contributed by atoms with Crippen LogP contribution in [0.25, 0.3) is 10.8 Å². The topological polar surface area (TPSA) is 77.8 Å². The Labute approximate surface area is 121 Å². The van der Waals surface area contributed by atoms with Crippen molar-refractivity contribution >= 4 is 16.7 Å². The number of carbonyl (C=O) groups is 1. The number of phenols is 2. The van der Waals surface area contributed by atoms with Gasteiger partial charge in [0.05, 0.1) is 5.56 Å². The van der Waals surface area contributed by atoms with Crippen molar-refractivity contribution < 1.29 is 20.1 Å². The van der Waals surface area contributed by atoms with Gasteiger partial charge in [0.2, 0.25) is 0 Å². The number of aromatic carboxylic acids is 1. The summed E-state index contributed by atoms with van der Waals surface area (Å²) in [6, 6.07) is 18.4. The maximum absolute atomic E-state index is 10.2. The van der Waals surface area contributed by atoms with Gasteiger partial charge in [0.15, 0.2) is 0 Å². The second-order valence-electron chi connectivity index (χ2n) is 4.32. The fourth-order valence-corrected chi connectivity index (χ4v) is 1.86. The van der Waals surface area contributed by atoms with Gasteiger partial charge in [-0.05, 0) is 24.3 Å². The van der Waals surface area contributed by atoms with E-state index in [0.29, 0.717) is 16.3 Å². The van der Waals surface area contributed by atoms with Crippen molar-refractivity contribution in [1.29, 1.82) is 0 Å². The molecule has 106 valence electrons. The summed E-state index contributed by atoms with van der Waals surface area (Å²) in [7, 11) is 0. The molecule has 21 heavy (non-hydrogen) atoms. The fraction of sp³-hybridized carbons (Fsp3) is 0. The first kappa shape index (κ1) is 14.4. The molecule has 4 nitrogen and oxygen atoms in total. The van der Waals surface area contributed by atoms with Crippen molar-refractivity contribution in [2.45, 2.75) is 0 Å². The number of rotatable bonds is 1. The minimum atomic E-state index is -0.879. The van der Waals surface area contributed by atoms with Crippen LogP contribution in [0.1, 0.15) is 10.4 Å². The lowest BCUT2D eigenvalue weighted by Gasteiger charge is -2.01. The first-order valence-corrected chi connectivity index (χ1v) is 6.27. The standard InChI is InChI=1S/C10H8O2.C7H6O2/c11-9-5-1-3-7-8(9)4-2-6-10(7)12;8-7(9)6-4-2-1-3-5-6/h1-6,11-12H;1-5H,(H,8,9). The second-order valence-corrected chi connectivity index (χ2v) is 4.32. The van der Waals surface area contributed by atoms with Gasteiger partial charge < -0.3 is 15.3 Å². The normalized spacial score (nSPS) is 9.71. The van der Waals surface area contributed by atoms with Gasteiger partial charge in [-0.15, -0.1) is 0 Å². The summed E-state index contributed by atoms with van der Waals surface area (Å²) in [5.74, 6) is -0.484. The van der Waals surface area contributed by atoms with Crippen LogP contribution in [0.3, 0.4) is 0 Å². The summed E-state index contributed by atoms with van der Waals surface area (Å²) in [4.78, 5) is 10.2. The molecule has 0 bridgehead atoms. The molecule has 0 aliphatic carbocycles. The van der Waals surface area contributed by atoms with E-state index >= 15 is 0 Å². The number of hydrogen-bond acceptors (Lipinski definition) is 3. The highest BCUT2D eigenvalue weighted by Crippen LogP contribution is 2.29. The average Bonchev–Trinajstić information content (AvgIpc) is 2.50. The minimum Gasteiger partial charge on any atom is -0.507 e. The molecule has 0 saturated heterocycles. The molecule has 3 aromatic rings. The Hall–Kier alpha value is -3.01. The number of aromatic hydroxyl groups is 2. The van der Waals surface area contributed by atoms with E-state index in [1.807, 2.05) is 0 Å². The van der Waals surface area contributed by atoms with Gasteiger partial charge in [0.25, 0.3) is 0 Å². The zero-order chi connectivity index (χ0) is 15.2. The monoisotopic (exact) mass is 282 g/mol. The molecule has 0 aliphatic rings. The van der Waals surface area contributed by atoms with Crippen molar-refractivity contribution in [2.24, 2.45) is 0 Å². The summed E-state index contributed by atoms with van der Waals surface area (Å²) in [6.07, 6.45) is 0. The van der Waals surface area contributed by atoms with Gasteiger partial charge in [0.1, 0.15) is 11.5 Å². The van der Waals surface area contributed by atoms with Crippen LogP contribution in [0.15, 0.2) is 66.7 Å². The molecule has 0 heterocycles. The van der Waals surface area contributed by atoms with Crippen LogP contribution in [0.5, 0.6) is 11.5 Å². The van der Waals surface area contributed by atoms with Gasteiger partial charge in [0, 0.05) is 10.8 Å². The predicted octanol–water partition coefficient (Wildman–Crippen LogP) is 3.64. The van der Waals surface area contributed by atoms with Gasteiger partial charge in [-0.1, -0.05) is 42.5 Å². The number of hydrogen-bond donors (Lipinski definition) is 3. The third-order valence-corrected chi connectivity index (χ3v) is 2.90.